The zero-order chi connectivity index (χ0) is 13.4. The molecule has 0 bridgehead atoms. The minimum Gasteiger partial charge on any atom is -0.311 e. The minimum absolute atomic E-state index is 0.0856. The largest absolute Gasteiger partial charge is 0.311 e. The normalized spacial score (nSPS) is 14.2. The van der Waals surface area contributed by atoms with Crippen molar-refractivity contribution in [2.75, 3.05) is 6.54 Å². The zero-order valence-corrected chi connectivity index (χ0v) is 11.5. The molecule has 98 valence electrons. The highest BCUT2D eigenvalue weighted by molar-refractivity contribution is 6.35. The molecule has 0 spiro atoms. The van der Waals surface area contributed by atoms with E-state index < -0.39 is 0 Å². The standard InChI is InChI=1S/C13H11Cl2N3O/c14-8-3-7(4-9(15)5-8)12-17-11-6-16-2-1-10(11)13(19)18-12/h3-5,16H,1-2,6H2,(H,17,18,19). The van der Waals surface area contributed by atoms with E-state index in [-0.39, 0.29) is 5.56 Å². The van der Waals surface area contributed by atoms with Crippen LogP contribution < -0.4 is 10.9 Å². The molecule has 1 aromatic heterocycles. The number of nitrogens with zero attached hydrogens (tertiary/aromatic N) is 1. The van der Waals surface area contributed by atoms with Gasteiger partial charge in [0, 0.05) is 27.7 Å². The van der Waals surface area contributed by atoms with E-state index >= 15 is 0 Å². The summed E-state index contributed by atoms with van der Waals surface area (Å²) in [5.74, 6) is 0.497. The molecule has 1 aliphatic rings. The molecule has 2 N–H and O–H groups in total. The summed E-state index contributed by atoms with van der Waals surface area (Å²) in [7, 11) is 0. The SMILES string of the molecule is O=c1[nH]c(-c2cc(Cl)cc(Cl)c2)nc2c1CCNC2. The van der Waals surface area contributed by atoms with Gasteiger partial charge in [-0.05, 0) is 31.2 Å². The highest BCUT2D eigenvalue weighted by Gasteiger charge is 2.16. The van der Waals surface area contributed by atoms with E-state index in [0.29, 0.717) is 34.4 Å². The Morgan fingerprint density at radius 1 is 1.16 bits per heavy atom. The van der Waals surface area contributed by atoms with Crippen LogP contribution in [0.15, 0.2) is 23.0 Å². The number of benzene rings is 1. The van der Waals surface area contributed by atoms with Gasteiger partial charge in [0.15, 0.2) is 0 Å². The molecular formula is C13H11Cl2N3O. The summed E-state index contributed by atoms with van der Waals surface area (Å²) in [5, 5.41) is 4.23. The maximum absolute atomic E-state index is 12.0. The molecule has 0 fully saturated rings. The highest BCUT2D eigenvalue weighted by atomic mass is 35.5. The van der Waals surface area contributed by atoms with Gasteiger partial charge >= 0.3 is 0 Å². The Kier molecular flexibility index (Phi) is 3.31. The van der Waals surface area contributed by atoms with Crippen LogP contribution in [0.4, 0.5) is 0 Å². The predicted octanol–water partition coefficient (Wildman–Crippen LogP) is 2.39. The summed E-state index contributed by atoms with van der Waals surface area (Å²) in [6.45, 7) is 1.42. The third kappa shape index (κ3) is 2.52. The van der Waals surface area contributed by atoms with Gasteiger partial charge in [-0.1, -0.05) is 23.2 Å². The van der Waals surface area contributed by atoms with Crippen molar-refractivity contribution in [1.29, 1.82) is 0 Å². The van der Waals surface area contributed by atoms with E-state index in [0.717, 1.165) is 17.8 Å². The molecular weight excluding hydrogens is 285 g/mol. The van der Waals surface area contributed by atoms with Crippen molar-refractivity contribution in [3.63, 3.8) is 0 Å². The Morgan fingerprint density at radius 2 is 1.89 bits per heavy atom. The van der Waals surface area contributed by atoms with Crippen molar-refractivity contribution in [2.24, 2.45) is 0 Å². The quantitative estimate of drug-likeness (QED) is 0.849. The third-order valence-electron chi connectivity index (χ3n) is 3.08. The fraction of sp³-hybridized carbons (Fsp3) is 0.231. The van der Waals surface area contributed by atoms with Gasteiger partial charge in [-0.2, -0.15) is 0 Å². The van der Waals surface area contributed by atoms with E-state index in [9.17, 15) is 4.79 Å². The zero-order valence-electron chi connectivity index (χ0n) is 9.96. The Bertz CT molecular complexity index is 677. The summed E-state index contributed by atoms with van der Waals surface area (Å²) in [6.07, 6.45) is 0.703. The van der Waals surface area contributed by atoms with Crippen molar-refractivity contribution in [1.82, 2.24) is 15.3 Å². The van der Waals surface area contributed by atoms with Crippen LogP contribution >= 0.6 is 23.2 Å². The number of halogens is 2. The first kappa shape index (κ1) is 12.7. The molecule has 0 radical (unpaired) electrons. The number of aromatic nitrogens is 2. The highest BCUT2D eigenvalue weighted by Crippen LogP contribution is 2.25. The molecule has 0 amide bonds. The molecule has 2 heterocycles. The van der Waals surface area contributed by atoms with Crippen LogP contribution in [0, 0.1) is 0 Å². The third-order valence-corrected chi connectivity index (χ3v) is 3.52. The second-order valence-electron chi connectivity index (χ2n) is 4.42. The Hall–Kier alpha value is -1.36. The molecule has 0 unspecified atom stereocenters. The lowest BCUT2D eigenvalue weighted by Gasteiger charge is -2.16. The average molecular weight is 296 g/mol. The summed E-state index contributed by atoms with van der Waals surface area (Å²) >= 11 is 11.9. The van der Waals surface area contributed by atoms with Gasteiger partial charge in [-0.25, -0.2) is 4.98 Å². The van der Waals surface area contributed by atoms with Gasteiger partial charge in [0.1, 0.15) is 5.82 Å². The van der Waals surface area contributed by atoms with Crippen LogP contribution in [-0.4, -0.2) is 16.5 Å². The first-order valence-electron chi connectivity index (χ1n) is 5.93. The summed E-state index contributed by atoms with van der Waals surface area (Å²) in [6, 6.07) is 5.10. The van der Waals surface area contributed by atoms with E-state index in [4.69, 9.17) is 23.2 Å². The van der Waals surface area contributed by atoms with Crippen molar-refractivity contribution in [2.45, 2.75) is 13.0 Å². The molecule has 6 heteroatoms. The number of fused-ring (bicyclic) bond motifs is 1. The van der Waals surface area contributed by atoms with Gasteiger partial charge in [0.05, 0.1) is 5.69 Å². The Balaban J connectivity index is 2.15. The predicted molar refractivity (Wildman–Crippen MR) is 75.7 cm³/mol. The molecule has 3 rings (SSSR count). The smallest absolute Gasteiger partial charge is 0.254 e. The fourth-order valence-electron chi connectivity index (χ4n) is 2.20. The van der Waals surface area contributed by atoms with Crippen LogP contribution in [0.5, 0.6) is 0 Å². The molecule has 1 aliphatic heterocycles. The fourth-order valence-corrected chi connectivity index (χ4v) is 2.72. The number of H-pyrrole nitrogens is 1. The second-order valence-corrected chi connectivity index (χ2v) is 5.30. The molecule has 2 aromatic rings. The number of hydrogen-bond acceptors (Lipinski definition) is 3. The number of hydrogen-bond donors (Lipinski definition) is 2. The summed E-state index contributed by atoms with van der Waals surface area (Å²) in [5.41, 5.74) is 2.18. The molecule has 1 aromatic carbocycles. The number of aromatic amines is 1. The minimum atomic E-state index is -0.0856. The van der Waals surface area contributed by atoms with Crippen LogP contribution in [0.1, 0.15) is 11.3 Å². The Labute approximate surface area is 119 Å². The second kappa shape index (κ2) is 4.96. The van der Waals surface area contributed by atoms with Gasteiger partial charge < -0.3 is 10.3 Å². The average Bonchev–Trinajstić information content (AvgIpc) is 2.37. The van der Waals surface area contributed by atoms with Crippen LogP contribution in [0.3, 0.4) is 0 Å². The van der Waals surface area contributed by atoms with E-state index in [1.807, 2.05) is 0 Å². The van der Waals surface area contributed by atoms with Gasteiger partial charge in [-0.15, -0.1) is 0 Å². The van der Waals surface area contributed by atoms with Crippen molar-refractivity contribution >= 4 is 23.2 Å². The lowest BCUT2D eigenvalue weighted by molar-refractivity contribution is 0.619. The first-order chi connectivity index (χ1) is 9.13. The summed E-state index contributed by atoms with van der Waals surface area (Å²) < 4.78 is 0. The van der Waals surface area contributed by atoms with Crippen LogP contribution in [-0.2, 0) is 13.0 Å². The molecule has 0 atom stereocenters. The van der Waals surface area contributed by atoms with Crippen LogP contribution in [0.2, 0.25) is 10.0 Å². The maximum Gasteiger partial charge on any atom is 0.254 e. The van der Waals surface area contributed by atoms with Crippen molar-refractivity contribution < 1.29 is 0 Å². The lowest BCUT2D eigenvalue weighted by atomic mass is 10.1. The topological polar surface area (TPSA) is 57.8 Å². The molecule has 4 nitrogen and oxygen atoms in total. The van der Waals surface area contributed by atoms with Gasteiger partial charge in [0.25, 0.3) is 5.56 Å². The number of rotatable bonds is 1. The number of nitrogens with one attached hydrogen (secondary N) is 2. The molecule has 0 saturated heterocycles. The van der Waals surface area contributed by atoms with Crippen LogP contribution in [0.25, 0.3) is 11.4 Å². The molecule has 0 saturated carbocycles. The Morgan fingerprint density at radius 3 is 2.63 bits per heavy atom. The van der Waals surface area contributed by atoms with Crippen molar-refractivity contribution in [3.8, 4) is 11.4 Å². The van der Waals surface area contributed by atoms with Gasteiger partial charge in [-0.3, -0.25) is 4.79 Å². The maximum atomic E-state index is 12.0. The van der Waals surface area contributed by atoms with E-state index in [2.05, 4.69) is 15.3 Å². The summed E-state index contributed by atoms with van der Waals surface area (Å²) in [4.78, 5) is 19.3. The monoisotopic (exact) mass is 295 g/mol. The van der Waals surface area contributed by atoms with E-state index in [1.165, 1.54) is 0 Å². The lowest BCUT2D eigenvalue weighted by Crippen LogP contribution is -2.31. The molecule has 19 heavy (non-hydrogen) atoms. The van der Waals surface area contributed by atoms with Crippen molar-refractivity contribution in [3.05, 3.63) is 49.9 Å². The van der Waals surface area contributed by atoms with Gasteiger partial charge in [0.2, 0.25) is 0 Å². The van der Waals surface area contributed by atoms with E-state index in [1.54, 1.807) is 18.2 Å². The first-order valence-corrected chi connectivity index (χ1v) is 6.68. The molecule has 0 aliphatic carbocycles.